The molecule has 4 heteroatoms. The number of ether oxygens (including phenoxy) is 1. The average molecular weight is 235 g/mol. The predicted molar refractivity (Wildman–Crippen MR) is 64.3 cm³/mol. The Kier molecular flexibility index (Phi) is 4.01. The summed E-state index contributed by atoms with van der Waals surface area (Å²) in [4.78, 5) is 4.91. The molecule has 92 valence electrons. The van der Waals surface area contributed by atoms with E-state index in [4.69, 9.17) is 14.7 Å². The van der Waals surface area contributed by atoms with E-state index < -0.39 is 0 Å². The molecular formula is C13H17NO3. The van der Waals surface area contributed by atoms with Crippen LogP contribution >= 0.6 is 0 Å². The summed E-state index contributed by atoms with van der Waals surface area (Å²) in [7, 11) is 1.60. The second-order valence-corrected chi connectivity index (χ2v) is 3.98. The van der Waals surface area contributed by atoms with Crippen molar-refractivity contribution in [2.24, 2.45) is 0 Å². The summed E-state index contributed by atoms with van der Waals surface area (Å²) in [5.74, 6) is 0.791. The first-order valence-electron chi connectivity index (χ1n) is 5.66. The molecule has 0 aliphatic heterocycles. The predicted octanol–water partition coefficient (Wildman–Crippen LogP) is 1.76. The summed E-state index contributed by atoms with van der Waals surface area (Å²) in [5, 5.41) is 8.92. The number of aliphatic hydroxyl groups is 1. The topological polar surface area (TPSA) is 50.7 Å². The Bertz CT molecular complexity index is 392. The summed E-state index contributed by atoms with van der Waals surface area (Å²) < 4.78 is 5.64. The highest BCUT2D eigenvalue weighted by Gasteiger charge is 2.18. The SMILES string of the molecule is CONC(COc1ccc(CO)cc1)=C1CC1. The third-order valence-corrected chi connectivity index (χ3v) is 2.64. The number of rotatable bonds is 6. The van der Waals surface area contributed by atoms with E-state index in [2.05, 4.69) is 5.48 Å². The Morgan fingerprint density at radius 2 is 2.00 bits per heavy atom. The van der Waals surface area contributed by atoms with E-state index in [-0.39, 0.29) is 6.61 Å². The van der Waals surface area contributed by atoms with Gasteiger partial charge in [0.25, 0.3) is 0 Å². The van der Waals surface area contributed by atoms with Crippen molar-refractivity contribution >= 4 is 0 Å². The van der Waals surface area contributed by atoms with Gasteiger partial charge >= 0.3 is 0 Å². The van der Waals surface area contributed by atoms with Crippen molar-refractivity contribution in [1.82, 2.24) is 5.48 Å². The molecule has 1 aliphatic carbocycles. The van der Waals surface area contributed by atoms with Crippen molar-refractivity contribution in [1.29, 1.82) is 0 Å². The maximum absolute atomic E-state index is 8.92. The zero-order chi connectivity index (χ0) is 12.1. The van der Waals surface area contributed by atoms with Crippen molar-refractivity contribution in [2.45, 2.75) is 19.4 Å². The van der Waals surface area contributed by atoms with Gasteiger partial charge in [-0.25, -0.2) is 0 Å². The van der Waals surface area contributed by atoms with E-state index in [9.17, 15) is 0 Å². The number of allylic oxidation sites excluding steroid dienone is 1. The molecule has 0 aromatic heterocycles. The number of hydrogen-bond acceptors (Lipinski definition) is 4. The zero-order valence-electron chi connectivity index (χ0n) is 9.90. The average Bonchev–Trinajstić information content (AvgIpc) is 3.19. The molecule has 0 spiro atoms. The van der Waals surface area contributed by atoms with Gasteiger partial charge in [0.05, 0.1) is 19.4 Å². The molecule has 0 saturated heterocycles. The Morgan fingerprint density at radius 1 is 1.29 bits per heavy atom. The normalized spacial score (nSPS) is 13.4. The van der Waals surface area contributed by atoms with Gasteiger partial charge in [0, 0.05) is 0 Å². The maximum Gasteiger partial charge on any atom is 0.130 e. The second-order valence-electron chi connectivity index (χ2n) is 3.98. The number of hydroxylamine groups is 1. The molecule has 1 aliphatic rings. The molecule has 0 radical (unpaired) electrons. The van der Waals surface area contributed by atoms with Crippen LogP contribution in [0.15, 0.2) is 35.5 Å². The highest BCUT2D eigenvalue weighted by atomic mass is 16.6. The largest absolute Gasteiger partial charge is 0.487 e. The Hall–Kier alpha value is -1.52. The van der Waals surface area contributed by atoms with Gasteiger partial charge in [-0.1, -0.05) is 12.1 Å². The van der Waals surface area contributed by atoms with Crippen LogP contribution in [-0.4, -0.2) is 18.8 Å². The third kappa shape index (κ3) is 3.47. The minimum Gasteiger partial charge on any atom is -0.487 e. The monoisotopic (exact) mass is 235 g/mol. The fourth-order valence-electron chi connectivity index (χ4n) is 1.54. The lowest BCUT2D eigenvalue weighted by Crippen LogP contribution is -2.17. The molecule has 0 heterocycles. The Labute approximate surface area is 101 Å². The third-order valence-electron chi connectivity index (χ3n) is 2.64. The lowest BCUT2D eigenvalue weighted by molar-refractivity contribution is 0.107. The van der Waals surface area contributed by atoms with Crippen LogP contribution in [0.2, 0.25) is 0 Å². The van der Waals surface area contributed by atoms with Crippen LogP contribution in [0.25, 0.3) is 0 Å². The van der Waals surface area contributed by atoms with Gasteiger partial charge in [0.1, 0.15) is 12.4 Å². The number of hydrogen-bond donors (Lipinski definition) is 2. The molecule has 2 rings (SSSR count). The molecule has 2 N–H and O–H groups in total. The summed E-state index contributed by atoms with van der Waals surface area (Å²) in [5.41, 5.74) is 6.11. The first-order chi connectivity index (χ1) is 8.33. The van der Waals surface area contributed by atoms with Gasteiger partial charge < -0.3 is 9.84 Å². The standard InChI is InChI=1S/C13H17NO3/c1-16-14-13(11-4-5-11)9-17-12-6-2-10(8-15)3-7-12/h2-3,6-7,14-15H,4-5,8-9H2,1H3. The van der Waals surface area contributed by atoms with Gasteiger partial charge in [0.15, 0.2) is 0 Å². The summed E-state index contributed by atoms with van der Waals surface area (Å²) in [6, 6.07) is 7.41. The van der Waals surface area contributed by atoms with Crippen molar-refractivity contribution in [3.63, 3.8) is 0 Å². The van der Waals surface area contributed by atoms with Crippen molar-refractivity contribution < 1.29 is 14.7 Å². The van der Waals surface area contributed by atoms with Crippen LogP contribution in [0.1, 0.15) is 18.4 Å². The van der Waals surface area contributed by atoms with E-state index in [1.165, 1.54) is 5.57 Å². The quantitative estimate of drug-likeness (QED) is 0.738. The van der Waals surface area contributed by atoms with Gasteiger partial charge in [-0.05, 0) is 36.1 Å². The van der Waals surface area contributed by atoms with Gasteiger partial charge in [-0.15, -0.1) is 0 Å². The fraction of sp³-hybridized carbons (Fsp3) is 0.385. The van der Waals surface area contributed by atoms with Crippen LogP contribution in [0.3, 0.4) is 0 Å². The molecule has 0 atom stereocenters. The van der Waals surface area contributed by atoms with E-state index >= 15 is 0 Å². The van der Waals surface area contributed by atoms with Gasteiger partial charge in [0.2, 0.25) is 0 Å². The lowest BCUT2D eigenvalue weighted by atomic mass is 10.2. The van der Waals surface area contributed by atoms with E-state index in [1.807, 2.05) is 24.3 Å². The van der Waals surface area contributed by atoms with Crippen LogP contribution in [0.4, 0.5) is 0 Å². The number of aliphatic hydroxyl groups excluding tert-OH is 1. The maximum atomic E-state index is 8.92. The first kappa shape index (κ1) is 12.0. The van der Waals surface area contributed by atoms with Gasteiger partial charge in [-0.3, -0.25) is 10.3 Å². The molecule has 0 amide bonds. The van der Waals surface area contributed by atoms with E-state index in [1.54, 1.807) is 7.11 Å². The van der Waals surface area contributed by atoms with E-state index in [0.29, 0.717) is 6.61 Å². The van der Waals surface area contributed by atoms with Crippen molar-refractivity contribution in [3.8, 4) is 5.75 Å². The minimum atomic E-state index is 0.0564. The van der Waals surface area contributed by atoms with Crippen LogP contribution in [0.5, 0.6) is 5.75 Å². The van der Waals surface area contributed by atoms with Crippen LogP contribution in [-0.2, 0) is 11.4 Å². The zero-order valence-corrected chi connectivity index (χ0v) is 9.90. The molecule has 17 heavy (non-hydrogen) atoms. The fourth-order valence-corrected chi connectivity index (χ4v) is 1.54. The first-order valence-corrected chi connectivity index (χ1v) is 5.66. The Balaban J connectivity index is 1.90. The summed E-state index contributed by atoms with van der Waals surface area (Å²) in [6.07, 6.45) is 2.25. The number of nitrogens with one attached hydrogen (secondary N) is 1. The van der Waals surface area contributed by atoms with Crippen molar-refractivity contribution in [3.05, 3.63) is 41.1 Å². The summed E-state index contributed by atoms with van der Waals surface area (Å²) in [6.45, 7) is 0.544. The molecule has 0 bridgehead atoms. The van der Waals surface area contributed by atoms with E-state index in [0.717, 1.165) is 29.9 Å². The molecule has 1 saturated carbocycles. The molecule has 0 unspecified atom stereocenters. The number of benzene rings is 1. The highest BCUT2D eigenvalue weighted by molar-refractivity contribution is 5.28. The summed E-state index contributed by atoms with van der Waals surface area (Å²) >= 11 is 0. The van der Waals surface area contributed by atoms with Crippen LogP contribution in [0, 0.1) is 0 Å². The lowest BCUT2D eigenvalue weighted by Gasteiger charge is -2.10. The second kappa shape index (κ2) is 5.70. The molecule has 1 aromatic rings. The Morgan fingerprint density at radius 3 is 2.53 bits per heavy atom. The molecular weight excluding hydrogens is 218 g/mol. The minimum absolute atomic E-state index is 0.0564. The smallest absolute Gasteiger partial charge is 0.130 e. The highest BCUT2D eigenvalue weighted by Crippen LogP contribution is 2.30. The van der Waals surface area contributed by atoms with Crippen molar-refractivity contribution in [2.75, 3.05) is 13.7 Å². The molecule has 4 nitrogen and oxygen atoms in total. The molecule has 1 fully saturated rings. The van der Waals surface area contributed by atoms with Gasteiger partial charge in [-0.2, -0.15) is 0 Å². The molecule has 1 aromatic carbocycles. The van der Waals surface area contributed by atoms with Crippen LogP contribution < -0.4 is 10.2 Å².